The molecule has 0 amide bonds. The maximum Gasteiger partial charge on any atom is 0.0892 e. The molecule has 1 aliphatic heterocycles. The lowest BCUT2D eigenvalue weighted by molar-refractivity contribution is 1.25. The van der Waals surface area contributed by atoms with Crippen molar-refractivity contribution in [2.75, 3.05) is 4.90 Å². The van der Waals surface area contributed by atoms with Gasteiger partial charge in [0.1, 0.15) is 0 Å². The van der Waals surface area contributed by atoms with Gasteiger partial charge in [0.05, 0.1) is 22.8 Å². The van der Waals surface area contributed by atoms with Crippen LogP contribution in [0.5, 0.6) is 0 Å². The van der Waals surface area contributed by atoms with Gasteiger partial charge >= 0.3 is 0 Å². The first-order valence-electron chi connectivity index (χ1n) is 15.4. The smallest absolute Gasteiger partial charge is 0.0892 e. The van der Waals surface area contributed by atoms with E-state index in [9.17, 15) is 0 Å². The first-order chi connectivity index (χ1) is 22.8. The monoisotopic (exact) mass is 605 g/mol. The standard InChI is InChI=1S/C42H27N3S/c1-2-10-28(11-3-1)30-24-31(29-19-22-44-38(27-29)37-15-8-9-21-43-37)26-32(25-30)45-39-16-7-6-13-34(39)33-12-4-5-14-35(33)42-36-20-23-46-41(36)18-17-40(42)45/h1-27H. The second-order valence-corrected chi connectivity index (χ2v) is 12.4. The van der Waals surface area contributed by atoms with Crippen molar-refractivity contribution in [1.82, 2.24) is 9.97 Å². The molecule has 9 rings (SSSR count). The average molecular weight is 606 g/mol. The number of hydrogen-bond donors (Lipinski definition) is 0. The van der Waals surface area contributed by atoms with Crippen molar-refractivity contribution in [3.63, 3.8) is 0 Å². The number of benzene rings is 5. The number of hydrogen-bond acceptors (Lipinski definition) is 4. The number of anilines is 3. The van der Waals surface area contributed by atoms with Crippen LogP contribution in [0.4, 0.5) is 17.1 Å². The van der Waals surface area contributed by atoms with Crippen LogP contribution in [0.15, 0.2) is 163 Å². The summed E-state index contributed by atoms with van der Waals surface area (Å²) < 4.78 is 1.29. The number of fused-ring (bicyclic) bond motifs is 7. The van der Waals surface area contributed by atoms with Crippen molar-refractivity contribution in [3.05, 3.63) is 163 Å². The SMILES string of the molecule is c1ccc(-c2cc(-c3ccnc(-c4ccccn4)c3)cc(N3c4ccccc4-c4ccccc4-c4c3ccc3sccc43)c2)cc1. The van der Waals surface area contributed by atoms with Crippen molar-refractivity contribution in [2.24, 2.45) is 0 Å². The van der Waals surface area contributed by atoms with Gasteiger partial charge in [-0.3, -0.25) is 9.97 Å². The molecule has 4 heterocycles. The zero-order chi connectivity index (χ0) is 30.5. The van der Waals surface area contributed by atoms with Crippen molar-refractivity contribution < 1.29 is 0 Å². The van der Waals surface area contributed by atoms with E-state index in [1.807, 2.05) is 30.6 Å². The molecule has 46 heavy (non-hydrogen) atoms. The van der Waals surface area contributed by atoms with Crippen LogP contribution in [0.2, 0.25) is 0 Å². The van der Waals surface area contributed by atoms with Crippen molar-refractivity contribution in [1.29, 1.82) is 0 Å². The predicted molar refractivity (Wildman–Crippen MR) is 193 cm³/mol. The Kier molecular flexibility index (Phi) is 6.32. The summed E-state index contributed by atoms with van der Waals surface area (Å²) in [6.07, 6.45) is 3.70. The van der Waals surface area contributed by atoms with Crippen LogP contribution in [0.25, 0.3) is 66.0 Å². The Morgan fingerprint density at radius 3 is 2.04 bits per heavy atom. The molecule has 0 radical (unpaired) electrons. The molecule has 3 nitrogen and oxygen atoms in total. The van der Waals surface area contributed by atoms with Crippen LogP contribution in [0.3, 0.4) is 0 Å². The molecular weight excluding hydrogens is 579 g/mol. The Morgan fingerprint density at radius 2 is 1.20 bits per heavy atom. The topological polar surface area (TPSA) is 29.0 Å². The van der Waals surface area contributed by atoms with E-state index in [0.29, 0.717) is 0 Å². The zero-order valence-electron chi connectivity index (χ0n) is 24.8. The highest BCUT2D eigenvalue weighted by molar-refractivity contribution is 7.17. The molecule has 1 aliphatic rings. The summed E-state index contributed by atoms with van der Waals surface area (Å²) in [6.45, 7) is 0. The quantitative estimate of drug-likeness (QED) is 0.200. The number of pyridine rings is 2. The van der Waals surface area contributed by atoms with Crippen molar-refractivity contribution in [3.8, 4) is 55.9 Å². The largest absolute Gasteiger partial charge is 0.309 e. The van der Waals surface area contributed by atoms with Gasteiger partial charge in [-0.25, -0.2) is 0 Å². The van der Waals surface area contributed by atoms with E-state index >= 15 is 0 Å². The Labute approximate surface area is 271 Å². The molecule has 0 N–H and O–H groups in total. The molecule has 216 valence electrons. The van der Waals surface area contributed by atoms with Gasteiger partial charge in [0.2, 0.25) is 0 Å². The van der Waals surface area contributed by atoms with Crippen LogP contribution in [0, 0.1) is 0 Å². The normalized spacial score (nSPS) is 11.9. The third kappa shape index (κ3) is 4.42. The molecule has 3 aromatic heterocycles. The third-order valence-electron chi connectivity index (χ3n) is 8.79. The average Bonchev–Trinajstić information content (AvgIpc) is 3.57. The van der Waals surface area contributed by atoms with Crippen LogP contribution in [-0.2, 0) is 0 Å². The number of thiophene rings is 1. The second-order valence-electron chi connectivity index (χ2n) is 11.5. The molecule has 5 aromatic carbocycles. The Bertz CT molecular complexity index is 2380. The van der Waals surface area contributed by atoms with Gasteiger partial charge in [0.15, 0.2) is 0 Å². The highest BCUT2D eigenvalue weighted by atomic mass is 32.1. The summed E-state index contributed by atoms with van der Waals surface area (Å²) in [4.78, 5) is 11.7. The summed E-state index contributed by atoms with van der Waals surface area (Å²) in [5.41, 5.74) is 14.6. The van der Waals surface area contributed by atoms with Crippen LogP contribution < -0.4 is 4.90 Å². The zero-order valence-corrected chi connectivity index (χ0v) is 25.7. The fraction of sp³-hybridized carbons (Fsp3) is 0. The second kappa shape index (κ2) is 11.0. The third-order valence-corrected chi connectivity index (χ3v) is 9.67. The minimum absolute atomic E-state index is 0.852. The van der Waals surface area contributed by atoms with Gasteiger partial charge in [0.25, 0.3) is 0 Å². The lowest BCUT2D eigenvalue weighted by Crippen LogP contribution is -2.11. The van der Waals surface area contributed by atoms with E-state index in [1.54, 1.807) is 11.3 Å². The maximum absolute atomic E-state index is 4.67. The van der Waals surface area contributed by atoms with E-state index < -0.39 is 0 Å². The van der Waals surface area contributed by atoms with Gasteiger partial charge in [0, 0.05) is 39.3 Å². The molecular formula is C42H27N3S. The molecule has 0 spiro atoms. The number of para-hydroxylation sites is 1. The lowest BCUT2D eigenvalue weighted by Gasteiger charge is -2.28. The first-order valence-corrected chi connectivity index (χ1v) is 16.3. The minimum Gasteiger partial charge on any atom is -0.309 e. The summed E-state index contributed by atoms with van der Waals surface area (Å²) in [6, 6.07) is 52.2. The lowest BCUT2D eigenvalue weighted by atomic mass is 9.93. The highest BCUT2D eigenvalue weighted by Gasteiger charge is 2.28. The van der Waals surface area contributed by atoms with Crippen molar-refractivity contribution in [2.45, 2.75) is 0 Å². The van der Waals surface area contributed by atoms with E-state index in [1.165, 1.54) is 43.6 Å². The molecule has 4 heteroatoms. The maximum atomic E-state index is 4.67. The van der Waals surface area contributed by atoms with E-state index in [0.717, 1.165) is 39.5 Å². The van der Waals surface area contributed by atoms with Crippen molar-refractivity contribution >= 4 is 38.5 Å². The summed E-state index contributed by atoms with van der Waals surface area (Å²) in [7, 11) is 0. The van der Waals surface area contributed by atoms with E-state index in [2.05, 4.69) is 148 Å². The van der Waals surface area contributed by atoms with Gasteiger partial charge in [-0.2, -0.15) is 0 Å². The summed E-state index contributed by atoms with van der Waals surface area (Å²) in [5, 5.41) is 3.48. The summed E-state index contributed by atoms with van der Waals surface area (Å²) >= 11 is 1.79. The molecule has 0 fully saturated rings. The fourth-order valence-corrected chi connectivity index (χ4v) is 7.51. The number of aromatic nitrogens is 2. The molecule has 0 saturated heterocycles. The molecule has 0 aliphatic carbocycles. The van der Waals surface area contributed by atoms with E-state index in [-0.39, 0.29) is 0 Å². The summed E-state index contributed by atoms with van der Waals surface area (Å²) in [5.74, 6) is 0. The van der Waals surface area contributed by atoms with Gasteiger partial charge in [-0.15, -0.1) is 11.3 Å². The Balaban J connectivity index is 1.34. The first kappa shape index (κ1) is 26.6. The predicted octanol–water partition coefficient (Wildman–Crippen LogP) is 11.8. The Morgan fingerprint density at radius 1 is 0.457 bits per heavy atom. The fourth-order valence-electron chi connectivity index (χ4n) is 6.71. The van der Waals surface area contributed by atoms with Crippen LogP contribution >= 0.6 is 11.3 Å². The van der Waals surface area contributed by atoms with Crippen LogP contribution in [0.1, 0.15) is 0 Å². The number of rotatable bonds is 4. The number of nitrogens with zero attached hydrogens (tertiary/aromatic N) is 3. The minimum atomic E-state index is 0.852. The van der Waals surface area contributed by atoms with Gasteiger partial charge in [-0.05, 0) is 105 Å². The molecule has 8 aromatic rings. The molecule has 0 atom stereocenters. The molecule has 0 unspecified atom stereocenters. The highest BCUT2D eigenvalue weighted by Crippen LogP contribution is 2.53. The van der Waals surface area contributed by atoms with Gasteiger partial charge in [-0.1, -0.05) is 78.9 Å². The molecule has 0 bridgehead atoms. The van der Waals surface area contributed by atoms with Gasteiger partial charge < -0.3 is 4.90 Å². The molecule has 0 saturated carbocycles. The Hall–Kier alpha value is -5.84. The van der Waals surface area contributed by atoms with Crippen LogP contribution in [-0.4, -0.2) is 9.97 Å². The van der Waals surface area contributed by atoms with E-state index in [4.69, 9.17) is 0 Å².